The number of carbonyl (C=O) groups is 1. The number of carbonyl (C=O) groups excluding carboxylic acids is 1. The summed E-state index contributed by atoms with van der Waals surface area (Å²) < 4.78 is 6.11. The van der Waals surface area contributed by atoms with Crippen LogP contribution >= 0.6 is 9.24 Å². The van der Waals surface area contributed by atoms with E-state index in [1.54, 1.807) is 6.07 Å². The van der Waals surface area contributed by atoms with Crippen LogP contribution in [0.25, 0.3) is 33.4 Å². The first-order valence-electron chi connectivity index (χ1n) is 8.41. The van der Waals surface area contributed by atoms with Crippen LogP contribution in [0.5, 0.6) is 0 Å². The summed E-state index contributed by atoms with van der Waals surface area (Å²) in [5, 5.41) is 0.891. The smallest absolute Gasteiger partial charge is 0.196 e. The number of furan rings is 1. The van der Waals surface area contributed by atoms with Crippen LogP contribution in [0.4, 0.5) is 0 Å². The van der Waals surface area contributed by atoms with E-state index in [4.69, 9.17) is 4.42 Å². The van der Waals surface area contributed by atoms with Crippen molar-refractivity contribution in [2.75, 3.05) is 0 Å². The van der Waals surface area contributed by atoms with Crippen molar-refractivity contribution >= 4 is 25.7 Å². The van der Waals surface area contributed by atoms with E-state index in [1.807, 2.05) is 37.3 Å². The van der Waals surface area contributed by atoms with Gasteiger partial charge < -0.3 is 4.42 Å². The average molecular weight is 359 g/mol. The molecule has 0 radical (unpaired) electrons. The molecule has 128 valence electrons. The summed E-state index contributed by atoms with van der Waals surface area (Å²) in [6.07, 6.45) is 0. The van der Waals surface area contributed by atoms with Gasteiger partial charge in [0.25, 0.3) is 0 Å². The van der Waals surface area contributed by atoms with Gasteiger partial charge in [0.05, 0.1) is 5.69 Å². The van der Waals surface area contributed by atoms with Crippen molar-refractivity contribution in [3.63, 3.8) is 0 Å². The van der Waals surface area contributed by atoms with E-state index >= 15 is 0 Å². The number of benzene rings is 2. The zero-order valence-electron chi connectivity index (χ0n) is 14.6. The third-order valence-corrected chi connectivity index (χ3v) is 4.90. The zero-order valence-corrected chi connectivity index (χ0v) is 15.8. The Morgan fingerprint density at radius 1 is 0.962 bits per heavy atom. The number of pyridine rings is 1. The number of nitrogens with zero attached hydrogens (tertiary/aromatic N) is 1. The predicted molar refractivity (Wildman–Crippen MR) is 108 cm³/mol. The molecule has 0 aliphatic rings. The van der Waals surface area contributed by atoms with Gasteiger partial charge in [0.2, 0.25) is 0 Å². The van der Waals surface area contributed by atoms with Crippen LogP contribution in [0.1, 0.15) is 21.7 Å². The van der Waals surface area contributed by atoms with Crippen LogP contribution in [-0.2, 0) is 0 Å². The summed E-state index contributed by atoms with van der Waals surface area (Å²) >= 11 is 0. The van der Waals surface area contributed by atoms with Gasteiger partial charge in [-0.1, -0.05) is 57.8 Å². The van der Waals surface area contributed by atoms with E-state index in [1.165, 1.54) is 11.1 Å². The molecule has 0 bridgehead atoms. The molecule has 0 aliphatic heterocycles. The van der Waals surface area contributed by atoms with Gasteiger partial charge in [-0.25, -0.2) is 4.98 Å². The molecular formula is C22H18NO2P. The molecule has 1 unspecified atom stereocenters. The number of aromatic nitrogens is 1. The molecule has 4 heteroatoms. The Morgan fingerprint density at radius 3 is 2.42 bits per heavy atom. The summed E-state index contributed by atoms with van der Waals surface area (Å²) in [5.41, 5.74) is 6.31. The minimum Gasteiger partial charge on any atom is -0.454 e. The highest BCUT2D eigenvalue weighted by Crippen LogP contribution is 2.35. The maximum atomic E-state index is 11.6. The minimum atomic E-state index is -0.125. The second-order valence-electron chi connectivity index (χ2n) is 6.33. The van der Waals surface area contributed by atoms with Gasteiger partial charge in [-0.05, 0) is 42.7 Å². The number of hydrogen-bond acceptors (Lipinski definition) is 3. The molecule has 1 atom stereocenters. The highest BCUT2D eigenvalue weighted by Gasteiger charge is 2.15. The molecule has 0 aliphatic carbocycles. The van der Waals surface area contributed by atoms with Crippen molar-refractivity contribution in [2.24, 2.45) is 0 Å². The molecule has 2 heterocycles. The van der Waals surface area contributed by atoms with Crippen LogP contribution in [-0.4, -0.2) is 10.5 Å². The van der Waals surface area contributed by atoms with Gasteiger partial charge in [0, 0.05) is 10.9 Å². The maximum Gasteiger partial charge on any atom is 0.196 e. The van der Waals surface area contributed by atoms with Crippen LogP contribution in [0.2, 0.25) is 0 Å². The Hall–Kier alpha value is -2.77. The van der Waals surface area contributed by atoms with Crippen molar-refractivity contribution in [2.45, 2.75) is 13.8 Å². The fourth-order valence-corrected chi connectivity index (χ4v) is 3.45. The largest absolute Gasteiger partial charge is 0.454 e. The molecule has 0 saturated heterocycles. The maximum absolute atomic E-state index is 11.6. The second-order valence-corrected chi connectivity index (χ2v) is 6.85. The van der Waals surface area contributed by atoms with Crippen LogP contribution in [0.3, 0.4) is 0 Å². The van der Waals surface area contributed by atoms with Gasteiger partial charge in [-0.3, -0.25) is 4.79 Å². The fourth-order valence-electron chi connectivity index (χ4n) is 3.30. The van der Waals surface area contributed by atoms with Crippen LogP contribution < -0.4 is 0 Å². The summed E-state index contributed by atoms with van der Waals surface area (Å²) in [6, 6.07) is 20.3. The standard InChI is InChI=1S/C22H18NO2P/c1-13-17(15-7-4-3-5-8-15)9-6-10-18(13)20-12-16-11-19(22(24)26)23-14(2)21(16)25-20/h3-12H,26H2,1-2H3. The average Bonchev–Trinajstić information content (AvgIpc) is 3.07. The number of fused-ring (bicyclic) bond motifs is 1. The Bertz CT molecular complexity index is 1130. The van der Waals surface area contributed by atoms with E-state index in [2.05, 4.69) is 45.4 Å². The third-order valence-electron chi connectivity index (χ3n) is 4.61. The predicted octanol–water partition coefficient (Wildman–Crippen LogP) is 5.79. The van der Waals surface area contributed by atoms with Gasteiger partial charge in [0.15, 0.2) is 11.1 Å². The summed E-state index contributed by atoms with van der Waals surface area (Å²) in [5.74, 6) is 0.786. The number of rotatable bonds is 3. The van der Waals surface area contributed by atoms with Crippen molar-refractivity contribution in [3.8, 4) is 22.5 Å². The second kappa shape index (κ2) is 6.51. The van der Waals surface area contributed by atoms with E-state index in [0.717, 1.165) is 33.6 Å². The lowest BCUT2D eigenvalue weighted by atomic mass is 9.95. The molecule has 0 spiro atoms. The highest BCUT2D eigenvalue weighted by atomic mass is 31.0. The molecule has 26 heavy (non-hydrogen) atoms. The van der Waals surface area contributed by atoms with Gasteiger partial charge in [-0.2, -0.15) is 0 Å². The summed E-state index contributed by atoms with van der Waals surface area (Å²) in [6.45, 7) is 3.97. The fraction of sp³-hybridized carbons (Fsp3) is 0.0909. The van der Waals surface area contributed by atoms with Crippen molar-refractivity contribution < 1.29 is 9.21 Å². The molecule has 3 nitrogen and oxygen atoms in total. The quantitative estimate of drug-likeness (QED) is 0.435. The van der Waals surface area contributed by atoms with Crippen molar-refractivity contribution in [3.05, 3.63) is 77.6 Å². The zero-order chi connectivity index (χ0) is 18.3. The molecule has 0 saturated carbocycles. The highest BCUT2D eigenvalue weighted by molar-refractivity contribution is 7.41. The first kappa shape index (κ1) is 16.7. The monoisotopic (exact) mass is 359 g/mol. The van der Waals surface area contributed by atoms with E-state index in [0.29, 0.717) is 5.69 Å². The Morgan fingerprint density at radius 2 is 1.69 bits per heavy atom. The molecular weight excluding hydrogens is 341 g/mol. The summed E-state index contributed by atoms with van der Waals surface area (Å²) in [7, 11) is 2.17. The van der Waals surface area contributed by atoms with Crippen LogP contribution in [0, 0.1) is 13.8 Å². The number of hydrogen-bond donors (Lipinski definition) is 0. The van der Waals surface area contributed by atoms with Gasteiger partial charge >= 0.3 is 0 Å². The van der Waals surface area contributed by atoms with Gasteiger partial charge in [0.1, 0.15) is 11.5 Å². The first-order chi connectivity index (χ1) is 12.5. The van der Waals surface area contributed by atoms with Crippen LogP contribution in [0.15, 0.2) is 65.1 Å². The Balaban J connectivity index is 1.88. The van der Waals surface area contributed by atoms with E-state index in [9.17, 15) is 4.79 Å². The molecule has 2 aromatic carbocycles. The Kier molecular flexibility index (Phi) is 4.18. The van der Waals surface area contributed by atoms with Crippen molar-refractivity contribution in [1.29, 1.82) is 0 Å². The minimum absolute atomic E-state index is 0.125. The lowest BCUT2D eigenvalue weighted by molar-refractivity contribution is 0.108. The van der Waals surface area contributed by atoms with E-state index < -0.39 is 0 Å². The molecule has 4 aromatic rings. The molecule has 0 N–H and O–H groups in total. The molecule has 0 fully saturated rings. The molecule has 2 aromatic heterocycles. The lowest BCUT2D eigenvalue weighted by Crippen LogP contribution is -1.94. The van der Waals surface area contributed by atoms with Crippen molar-refractivity contribution in [1.82, 2.24) is 4.98 Å². The lowest BCUT2D eigenvalue weighted by Gasteiger charge is -2.10. The third kappa shape index (κ3) is 2.85. The van der Waals surface area contributed by atoms with E-state index in [-0.39, 0.29) is 5.52 Å². The molecule has 4 rings (SSSR count). The normalized spacial score (nSPS) is 11.0. The van der Waals surface area contributed by atoms with Gasteiger partial charge in [-0.15, -0.1) is 0 Å². The number of aryl methyl sites for hydroxylation is 1. The first-order valence-corrected chi connectivity index (χ1v) is 8.99. The Labute approximate surface area is 154 Å². The topological polar surface area (TPSA) is 43.1 Å². The summed E-state index contributed by atoms with van der Waals surface area (Å²) in [4.78, 5) is 16.0. The molecule has 0 amide bonds. The SMILES string of the molecule is Cc1c(-c2ccccc2)cccc1-c1cc2cc(C(=O)P)nc(C)c2o1.